The average Bonchev–Trinajstić information content (AvgIpc) is 0.799. The molecule has 0 aromatic heterocycles. The number of benzene rings is 9. The van der Waals surface area contributed by atoms with Crippen molar-refractivity contribution in [3.8, 4) is 17.6 Å². The van der Waals surface area contributed by atoms with Gasteiger partial charge < -0.3 is 32.4 Å². The predicted octanol–water partition coefficient (Wildman–Crippen LogP) is 30.1. The number of primary amides is 4. The summed E-state index contributed by atoms with van der Waals surface area (Å²) in [6, 6.07) is 41.6. The van der Waals surface area contributed by atoms with Crippen molar-refractivity contribution in [1.82, 2.24) is 0 Å². The summed E-state index contributed by atoms with van der Waals surface area (Å²) < 4.78 is 220. The molecule has 9 aromatic rings. The molecule has 9 aromatic carbocycles. The lowest BCUT2D eigenvalue weighted by atomic mass is 9.97. The minimum atomic E-state index is -4.98. The van der Waals surface area contributed by atoms with Gasteiger partial charge in [0, 0.05) is 47.3 Å². The summed E-state index contributed by atoms with van der Waals surface area (Å²) in [5, 5.41) is 9.74. The lowest BCUT2D eigenvalue weighted by molar-refractivity contribution is -0.276. The molecule has 684 valence electrons. The summed E-state index contributed by atoms with van der Waals surface area (Å²) in [5.41, 5.74) is 28.4. The molecule has 9 rings (SSSR count). The standard InChI is InChI=1S/C11H10F6O2.C11H10F6.C11H12F3NO.C11H15NO.C11H13N.C10H12ClNO.C10H12FNO.C9H10Br2.C9H10ClF/c1-6(2)7-3-8(18-10(12,13)14)5-9(4-7)19-11(15,16)17;1-6(2)7-3-8(10(12,13)14)5-9(4-7)11(15,16)17;1-6(2)7-3-8(10(15)16)5-9(4-7)11(12,13)14;1-7(2)9-4-8(3)5-10(6-9)11(12)13;1-8(2)11-5-9(3)4-10(6-11)7-12;2*1-6(2)7-3-8(10(12)13)5-9(11)4-7;2*1-6(2)7-3-8(10)5-9(11)4-7/h3-6H,1-2H3;3-6H,1-2H3;3-6H,1-2H3,(H2,15,16);4-7H,1-3H3,(H2,12,13);4-6,8H,1-3H3;2*3-6H,1-2H3,(H2,12,13);2*3-6H,1-2H3. The molecule has 0 bridgehead atoms. The molecular formula is C93H104Br2Cl2F17N5O6. The van der Waals surface area contributed by atoms with Crippen molar-refractivity contribution in [3.63, 3.8) is 0 Å². The Morgan fingerprint density at radius 3 is 0.896 bits per heavy atom. The third-order valence-electron chi connectivity index (χ3n) is 17.3. The van der Waals surface area contributed by atoms with Gasteiger partial charge in [-0.25, -0.2) is 8.78 Å². The maximum absolute atomic E-state index is 12.9. The normalized spacial score (nSPS) is 11.3. The maximum Gasteiger partial charge on any atom is 0.573 e. The highest BCUT2D eigenvalue weighted by molar-refractivity contribution is 9.11. The molecule has 4 amide bonds. The van der Waals surface area contributed by atoms with Crippen molar-refractivity contribution < 1.29 is 103 Å². The van der Waals surface area contributed by atoms with Crippen molar-refractivity contribution in [2.75, 3.05) is 0 Å². The number of hydrogen-bond donors (Lipinski definition) is 4. The number of nitrogens with two attached hydrogens (primary N) is 4. The summed E-state index contributed by atoms with van der Waals surface area (Å²) in [6.45, 7) is 38.6. The zero-order chi connectivity index (χ0) is 96.8. The minimum absolute atomic E-state index is 0.0205. The molecule has 0 atom stereocenters. The molecule has 0 aliphatic carbocycles. The molecule has 0 saturated heterocycles. The van der Waals surface area contributed by atoms with Gasteiger partial charge >= 0.3 is 31.3 Å². The second-order valence-corrected chi connectivity index (χ2v) is 33.9. The van der Waals surface area contributed by atoms with Crippen LogP contribution in [0.5, 0.6) is 11.5 Å². The predicted molar refractivity (Wildman–Crippen MR) is 467 cm³/mol. The average molecular weight is 1940 g/mol. The number of aryl methyl sites for hydroxylation is 2. The molecule has 0 spiro atoms. The van der Waals surface area contributed by atoms with Crippen molar-refractivity contribution in [2.45, 2.75) is 223 Å². The molecule has 0 saturated carbocycles. The fraction of sp³-hybridized carbons (Fsp3) is 0.366. The zero-order valence-corrected chi connectivity index (χ0v) is 77.1. The highest BCUT2D eigenvalue weighted by atomic mass is 79.9. The maximum atomic E-state index is 12.9. The molecule has 0 aliphatic heterocycles. The van der Waals surface area contributed by atoms with E-state index in [2.05, 4.69) is 113 Å². The van der Waals surface area contributed by atoms with Gasteiger partial charge in [-0.2, -0.15) is 44.8 Å². The van der Waals surface area contributed by atoms with Crippen LogP contribution in [0.15, 0.2) is 173 Å². The van der Waals surface area contributed by atoms with Gasteiger partial charge in [-0.1, -0.05) is 197 Å². The van der Waals surface area contributed by atoms with E-state index in [1.54, 1.807) is 52.0 Å². The van der Waals surface area contributed by atoms with Crippen LogP contribution in [0, 0.1) is 36.8 Å². The smallest absolute Gasteiger partial charge is 0.406 e. The van der Waals surface area contributed by atoms with E-state index in [-0.39, 0.29) is 57.8 Å². The Morgan fingerprint density at radius 2 is 0.568 bits per heavy atom. The topological polar surface area (TPSA) is 215 Å². The van der Waals surface area contributed by atoms with E-state index in [4.69, 9.17) is 51.4 Å². The van der Waals surface area contributed by atoms with E-state index in [0.29, 0.717) is 62.4 Å². The zero-order valence-electron chi connectivity index (χ0n) is 72.4. The summed E-state index contributed by atoms with van der Waals surface area (Å²) in [5.74, 6) is -2.85. The number of nitriles is 1. The number of rotatable bonds is 15. The summed E-state index contributed by atoms with van der Waals surface area (Å²) in [4.78, 5) is 43.5. The van der Waals surface area contributed by atoms with Crippen molar-refractivity contribution in [2.24, 2.45) is 22.9 Å². The molecule has 32 heteroatoms. The number of carbonyl (C=O) groups is 4. The second-order valence-electron chi connectivity index (χ2n) is 31.2. The monoisotopic (exact) mass is 1940 g/mol. The Morgan fingerprint density at radius 1 is 0.312 bits per heavy atom. The summed E-state index contributed by atoms with van der Waals surface area (Å²) >= 11 is 18.4. The Labute approximate surface area is 746 Å². The third-order valence-corrected chi connectivity index (χ3v) is 18.7. The first kappa shape index (κ1) is 113. The van der Waals surface area contributed by atoms with Gasteiger partial charge in [0.2, 0.25) is 23.6 Å². The Balaban J connectivity index is 0.000000707. The van der Waals surface area contributed by atoms with E-state index in [1.807, 2.05) is 91.8 Å². The number of amides is 4. The van der Waals surface area contributed by atoms with Crippen LogP contribution in [0.1, 0.15) is 303 Å². The molecular weight excluding hydrogens is 1840 g/mol. The number of carbonyl (C=O) groups excluding carboxylic acids is 4. The summed E-state index contributed by atoms with van der Waals surface area (Å²) in [7, 11) is 0. The van der Waals surface area contributed by atoms with Crippen LogP contribution < -0.4 is 32.4 Å². The molecule has 0 unspecified atom stereocenters. The molecule has 0 heterocycles. The quantitative estimate of drug-likeness (QED) is 0.0728. The van der Waals surface area contributed by atoms with E-state index in [0.717, 1.165) is 90.4 Å². The van der Waals surface area contributed by atoms with Gasteiger partial charge in [-0.05, 0) is 268 Å². The van der Waals surface area contributed by atoms with E-state index < -0.39 is 88.9 Å². The van der Waals surface area contributed by atoms with Gasteiger partial charge in [0.15, 0.2) is 0 Å². The largest absolute Gasteiger partial charge is 0.573 e. The minimum Gasteiger partial charge on any atom is -0.406 e. The van der Waals surface area contributed by atoms with Crippen molar-refractivity contribution >= 4 is 78.7 Å². The van der Waals surface area contributed by atoms with Crippen molar-refractivity contribution in [1.29, 1.82) is 5.26 Å². The van der Waals surface area contributed by atoms with Crippen LogP contribution in [-0.4, -0.2) is 36.4 Å². The molecule has 0 aliphatic rings. The van der Waals surface area contributed by atoms with Crippen LogP contribution in [0.25, 0.3) is 0 Å². The van der Waals surface area contributed by atoms with Crippen LogP contribution in [0.2, 0.25) is 10.0 Å². The Bertz CT molecular complexity index is 4750. The van der Waals surface area contributed by atoms with Gasteiger partial charge in [-0.15, -0.1) is 26.3 Å². The first-order chi connectivity index (χ1) is 57.0. The summed E-state index contributed by atoms with van der Waals surface area (Å²) in [6.07, 6.45) is -24.0. The van der Waals surface area contributed by atoms with Crippen LogP contribution in [-0.2, 0) is 18.5 Å². The fourth-order valence-electron chi connectivity index (χ4n) is 10.4. The second kappa shape index (κ2) is 50.6. The fourth-order valence-corrected chi connectivity index (χ4v) is 12.2. The van der Waals surface area contributed by atoms with E-state index >= 15 is 0 Å². The Kier molecular flexibility index (Phi) is 45.9. The van der Waals surface area contributed by atoms with Gasteiger partial charge in [-0.3, -0.25) is 19.2 Å². The van der Waals surface area contributed by atoms with E-state index in [9.17, 15) is 93.8 Å². The van der Waals surface area contributed by atoms with Gasteiger partial charge in [0.25, 0.3) is 0 Å². The van der Waals surface area contributed by atoms with E-state index in [1.165, 1.54) is 49.2 Å². The number of ether oxygens (including phenoxy) is 2. The van der Waals surface area contributed by atoms with Crippen molar-refractivity contribution in [3.05, 3.63) is 300 Å². The first-order valence-electron chi connectivity index (χ1n) is 38.6. The highest BCUT2D eigenvalue weighted by Crippen LogP contribution is 2.40. The van der Waals surface area contributed by atoms with Gasteiger partial charge in [0.1, 0.15) is 23.1 Å². The lowest BCUT2D eigenvalue weighted by Gasteiger charge is -2.15. The Hall–Kier alpha value is -9.70. The van der Waals surface area contributed by atoms with Gasteiger partial charge in [0.05, 0.1) is 28.3 Å². The molecule has 11 nitrogen and oxygen atoms in total. The van der Waals surface area contributed by atoms with Crippen LogP contribution in [0.3, 0.4) is 0 Å². The number of hydrogen-bond acceptors (Lipinski definition) is 7. The molecule has 125 heavy (non-hydrogen) atoms. The number of alkyl halides is 15. The third kappa shape index (κ3) is 44.3. The number of halogens is 21. The first-order valence-corrected chi connectivity index (χ1v) is 40.9. The number of nitrogens with zero attached hydrogens (tertiary/aromatic N) is 1. The SMILES string of the molecule is CC(C)c1cc(Br)cc(Br)c1.CC(C)c1cc(C(F)(F)F)cc(C(F)(F)F)c1.CC(C)c1cc(C(N)=O)cc(C(F)(F)F)c1.CC(C)c1cc(Cl)cc(C(N)=O)c1.CC(C)c1cc(F)cc(C(N)=O)c1.CC(C)c1cc(F)cc(Cl)c1.CC(C)c1cc(OC(F)(F)F)cc(OC(F)(F)F)c1.Cc1cc(C#N)cc(C(C)C)c1.Cc1cc(C(N)=O)cc(C(C)C)c1. The molecule has 0 radical (unpaired) electrons. The van der Waals surface area contributed by atoms with Crippen LogP contribution >= 0.6 is 55.1 Å². The van der Waals surface area contributed by atoms with Crippen LogP contribution in [0.4, 0.5) is 74.6 Å². The lowest BCUT2D eigenvalue weighted by Crippen LogP contribution is -2.19. The molecule has 0 fully saturated rings. The molecule has 8 N–H and O–H groups in total. The highest BCUT2D eigenvalue weighted by Gasteiger charge is 2.38.